The molecule has 0 N–H and O–H groups in total. The Morgan fingerprint density at radius 2 is 1.80 bits per heavy atom. The molecule has 1 aromatic carbocycles. The van der Waals surface area contributed by atoms with E-state index in [0.29, 0.717) is 16.6 Å². The molecule has 1 heterocycles. The number of benzene rings is 1. The van der Waals surface area contributed by atoms with Crippen LogP contribution in [0.15, 0.2) is 40.6 Å². The summed E-state index contributed by atoms with van der Waals surface area (Å²) in [6, 6.07) is 11.2. The zero-order valence-corrected chi connectivity index (χ0v) is 13.7. The van der Waals surface area contributed by atoms with Gasteiger partial charge in [-0.1, -0.05) is 29.8 Å². The Morgan fingerprint density at radius 1 is 1.15 bits per heavy atom. The summed E-state index contributed by atoms with van der Waals surface area (Å²) >= 11 is 6.94. The lowest BCUT2D eigenvalue weighted by molar-refractivity contribution is 0.468. The van der Waals surface area contributed by atoms with Crippen LogP contribution in [0.3, 0.4) is 0 Å². The van der Waals surface area contributed by atoms with Crippen molar-refractivity contribution >= 4 is 33.0 Å². The molecule has 0 amide bonds. The molecule has 0 saturated carbocycles. The maximum Gasteiger partial charge on any atom is 0.252 e. The normalized spacial score (nSPS) is 12.0. The lowest BCUT2D eigenvalue weighted by Gasteiger charge is -2.16. The molecular weight excluding hydrogens is 314 g/mol. The van der Waals surface area contributed by atoms with Crippen LogP contribution in [0.5, 0.6) is 0 Å². The van der Waals surface area contributed by atoms with Gasteiger partial charge in [0.05, 0.1) is 5.88 Å². The molecule has 20 heavy (non-hydrogen) atoms. The van der Waals surface area contributed by atoms with E-state index in [4.69, 9.17) is 11.6 Å². The lowest BCUT2D eigenvalue weighted by atomic mass is 10.1. The van der Waals surface area contributed by atoms with Gasteiger partial charge in [0.1, 0.15) is 4.21 Å². The van der Waals surface area contributed by atoms with E-state index in [1.807, 2.05) is 31.2 Å². The number of rotatable bonds is 5. The van der Waals surface area contributed by atoms with E-state index >= 15 is 0 Å². The van der Waals surface area contributed by atoms with Crippen LogP contribution in [0.4, 0.5) is 0 Å². The summed E-state index contributed by atoms with van der Waals surface area (Å²) in [6.07, 6.45) is 0. The van der Waals surface area contributed by atoms with Crippen molar-refractivity contribution in [1.82, 2.24) is 4.31 Å². The minimum atomic E-state index is -3.44. The van der Waals surface area contributed by atoms with E-state index in [9.17, 15) is 8.42 Å². The Bertz CT molecular complexity index is 677. The number of aryl methyl sites for hydroxylation is 1. The largest absolute Gasteiger partial charge is 0.252 e. The zero-order chi connectivity index (χ0) is 14.8. The van der Waals surface area contributed by atoms with Crippen molar-refractivity contribution in [2.24, 2.45) is 0 Å². The molecule has 0 aliphatic carbocycles. The monoisotopic (exact) mass is 329 g/mol. The Labute approximate surface area is 128 Å². The molecule has 108 valence electrons. The van der Waals surface area contributed by atoms with Crippen LogP contribution >= 0.6 is 22.9 Å². The molecule has 0 unspecified atom stereocenters. The Balaban J connectivity index is 2.18. The minimum Gasteiger partial charge on any atom is -0.206 e. The molecule has 0 aliphatic heterocycles. The zero-order valence-electron chi connectivity index (χ0n) is 11.3. The molecule has 0 radical (unpaired) electrons. The van der Waals surface area contributed by atoms with Gasteiger partial charge >= 0.3 is 0 Å². The van der Waals surface area contributed by atoms with Crippen LogP contribution in [0.25, 0.3) is 0 Å². The molecule has 0 bridgehead atoms. The number of hydrogen-bond donors (Lipinski definition) is 0. The van der Waals surface area contributed by atoms with Crippen molar-refractivity contribution in [2.75, 3.05) is 7.05 Å². The maximum absolute atomic E-state index is 12.4. The van der Waals surface area contributed by atoms with Crippen molar-refractivity contribution in [2.45, 2.75) is 23.6 Å². The van der Waals surface area contributed by atoms with Crippen molar-refractivity contribution < 1.29 is 8.42 Å². The quantitative estimate of drug-likeness (QED) is 0.786. The summed E-state index contributed by atoms with van der Waals surface area (Å²) in [5, 5.41) is 0. The predicted octanol–water partition coefficient (Wildman–Crippen LogP) is 3.62. The predicted molar refractivity (Wildman–Crippen MR) is 83.7 cm³/mol. The number of halogens is 1. The molecule has 0 fully saturated rings. The smallest absolute Gasteiger partial charge is 0.206 e. The fourth-order valence-corrected chi connectivity index (χ4v) is 4.59. The van der Waals surface area contributed by atoms with Gasteiger partial charge in [-0.25, -0.2) is 8.42 Å². The van der Waals surface area contributed by atoms with Crippen LogP contribution < -0.4 is 0 Å². The molecule has 0 saturated heterocycles. The molecule has 0 spiro atoms. The summed E-state index contributed by atoms with van der Waals surface area (Å²) in [5.41, 5.74) is 2.13. The lowest BCUT2D eigenvalue weighted by Crippen LogP contribution is -2.25. The Hall–Kier alpha value is -0.880. The van der Waals surface area contributed by atoms with Crippen LogP contribution in [0, 0.1) is 6.92 Å². The van der Waals surface area contributed by atoms with E-state index in [1.165, 1.54) is 15.6 Å². The van der Waals surface area contributed by atoms with E-state index in [-0.39, 0.29) is 0 Å². The third-order valence-electron chi connectivity index (χ3n) is 2.96. The van der Waals surface area contributed by atoms with Gasteiger partial charge in [0.2, 0.25) is 0 Å². The molecule has 1 aromatic heterocycles. The number of sulfonamides is 1. The van der Waals surface area contributed by atoms with Gasteiger partial charge in [-0.2, -0.15) is 4.31 Å². The third kappa shape index (κ3) is 3.41. The molecular formula is C14H16ClNO2S2. The minimum absolute atomic E-state index is 0.335. The van der Waals surface area contributed by atoms with E-state index < -0.39 is 10.0 Å². The van der Waals surface area contributed by atoms with Crippen molar-refractivity contribution in [3.05, 3.63) is 52.4 Å². The molecule has 0 atom stereocenters. The van der Waals surface area contributed by atoms with Crippen LogP contribution in [-0.2, 0) is 22.4 Å². The fraction of sp³-hybridized carbons (Fsp3) is 0.286. The maximum atomic E-state index is 12.4. The molecule has 2 aromatic rings. The molecule has 2 rings (SSSR count). The van der Waals surface area contributed by atoms with Gasteiger partial charge in [-0.3, -0.25) is 0 Å². The highest BCUT2D eigenvalue weighted by Crippen LogP contribution is 2.26. The average molecular weight is 330 g/mol. The second-order valence-electron chi connectivity index (χ2n) is 4.60. The van der Waals surface area contributed by atoms with Crippen molar-refractivity contribution in [3.63, 3.8) is 0 Å². The summed E-state index contributed by atoms with van der Waals surface area (Å²) < 4.78 is 26.6. The highest BCUT2D eigenvalue weighted by molar-refractivity contribution is 7.91. The standard InChI is InChI=1S/C14H16ClNO2S2/c1-11-3-5-12(6-4-11)10-16(2)20(17,18)14-8-7-13(9-15)19-14/h3-8H,9-10H2,1-2H3. The second kappa shape index (κ2) is 6.26. The van der Waals surface area contributed by atoms with Crippen LogP contribution in [-0.4, -0.2) is 19.8 Å². The highest BCUT2D eigenvalue weighted by atomic mass is 35.5. The molecule has 3 nitrogen and oxygen atoms in total. The summed E-state index contributed by atoms with van der Waals surface area (Å²) in [7, 11) is -1.85. The summed E-state index contributed by atoms with van der Waals surface area (Å²) in [4.78, 5) is 0.856. The number of nitrogens with zero attached hydrogens (tertiary/aromatic N) is 1. The fourth-order valence-electron chi connectivity index (χ4n) is 1.76. The number of alkyl halides is 1. The Morgan fingerprint density at radius 3 is 2.35 bits per heavy atom. The van der Waals surface area contributed by atoms with Gasteiger partial charge in [0, 0.05) is 18.5 Å². The summed E-state index contributed by atoms with van der Waals surface area (Å²) in [5.74, 6) is 0.335. The highest BCUT2D eigenvalue weighted by Gasteiger charge is 2.22. The first kappa shape index (κ1) is 15.5. The Kier molecular flexibility index (Phi) is 4.86. The van der Waals surface area contributed by atoms with Crippen LogP contribution in [0.1, 0.15) is 16.0 Å². The van der Waals surface area contributed by atoms with Gasteiger partial charge in [-0.15, -0.1) is 22.9 Å². The van der Waals surface area contributed by atoms with Gasteiger partial charge in [0.25, 0.3) is 10.0 Å². The first-order valence-electron chi connectivity index (χ1n) is 6.10. The van der Waals surface area contributed by atoms with Crippen LogP contribution in [0.2, 0.25) is 0 Å². The average Bonchev–Trinajstić information content (AvgIpc) is 2.90. The third-order valence-corrected chi connectivity index (χ3v) is 6.76. The first-order valence-corrected chi connectivity index (χ1v) is 8.89. The number of thiophene rings is 1. The van der Waals surface area contributed by atoms with Gasteiger partial charge in [0.15, 0.2) is 0 Å². The van der Waals surface area contributed by atoms with Gasteiger partial charge < -0.3 is 0 Å². The van der Waals surface area contributed by atoms with Crippen molar-refractivity contribution in [3.8, 4) is 0 Å². The van der Waals surface area contributed by atoms with E-state index in [0.717, 1.165) is 16.0 Å². The molecule has 0 aliphatic rings. The number of hydrogen-bond acceptors (Lipinski definition) is 3. The SMILES string of the molecule is Cc1ccc(CN(C)S(=O)(=O)c2ccc(CCl)s2)cc1. The van der Waals surface area contributed by atoms with E-state index in [2.05, 4.69) is 0 Å². The molecule has 6 heteroatoms. The summed E-state index contributed by atoms with van der Waals surface area (Å²) in [6.45, 7) is 2.36. The topological polar surface area (TPSA) is 37.4 Å². The second-order valence-corrected chi connectivity index (χ2v) is 8.31. The van der Waals surface area contributed by atoms with Crippen molar-refractivity contribution in [1.29, 1.82) is 0 Å². The van der Waals surface area contributed by atoms with Gasteiger partial charge in [-0.05, 0) is 24.6 Å². The first-order chi connectivity index (χ1) is 9.43. The van der Waals surface area contributed by atoms with E-state index in [1.54, 1.807) is 19.2 Å².